The highest BCUT2D eigenvalue weighted by Gasteiger charge is 2.28. The van der Waals surface area contributed by atoms with E-state index in [-0.39, 0.29) is 6.10 Å². The number of rotatable bonds is 3. The molecule has 1 aliphatic rings. The largest absolute Gasteiger partial charge is 0.496 e. The van der Waals surface area contributed by atoms with Crippen LogP contribution in [0.1, 0.15) is 23.5 Å². The van der Waals surface area contributed by atoms with Gasteiger partial charge in [-0.15, -0.1) is 0 Å². The smallest absolute Gasteiger partial charge is 0.186 e. The Morgan fingerprint density at radius 2 is 1.76 bits per heavy atom. The second-order valence-electron chi connectivity index (χ2n) is 4.72. The second-order valence-corrected chi connectivity index (χ2v) is 5.13. The SMILES string of the molecule is COc1ccccc1C1[CH]COC(c2ccccc2Cl)O1. The van der Waals surface area contributed by atoms with Crippen molar-refractivity contribution in [3.8, 4) is 5.75 Å². The van der Waals surface area contributed by atoms with Crippen LogP contribution in [0, 0.1) is 6.42 Å². The summed E-state index contributed by atoms with van der Waals surface area (Å²) in [5, 5.41) is 0.642. The Balaban J connectivity index is 1.85. The van der Waals surface area contributed by atoms with Crippen molar-refractivity contribution in [2.45, 2.75) is 12.4 Å². The maximum absolute atomic E-state index is 6.21. The van der Waals surface area contributed by atoms with Gasteiger partial charge < -0.3 is 14.2 Å². The van der Waals surface area contributed by atoms with Gasteiger partial charge in [0.15, 0.2) is 6.29 Å². The molecule has 2 atom stereocenters. The van der Waals surface area contributed by atoms with Crippen molar-refractivity contribution < 1.29 is 14.2 Å². The molecule has 2 unspecified atom stereocenters. The summed E-state index contributed by atoms with van der Waals surface area (Å²) < 4.78 is 17.1. The molecular formula is C17H16ClO3. The zero-order chi connectivity index (χ0) is 14.7. The molecular weight excluding hydrogens is 288 g/mol. The lowest BCUT2D eigenvalue weighted by molar-refractivity contribution is -0.197. The van der Waals surface area contributed by atoms with Gasteiger partial charge in [0.2, 0.25) is 0 Å². The monoisotopic (exact) mass is 303 g/mol. The van der Waals surface area contributed by atoms with Crippen molar-refractivity contribution in [3.63, 3.8) is 0 Å². The van der Waals surface area contributed by atoms with Gasteiger partial charge in [0.25, 0.3) is 0 Å². The summed E-state index contributed by atoms with van der Waals surface area (Å²) in [6, 6.07) is 15.4. The molecule has 1 saturated heterocycles. The third kappa shape index (κ3) is 3.05. The third-order valence-corrected chi connectivity index (χ3v) is 3.78. The van der Waals surface area contributed by atoms with Crippen molar-refractivity contribution in [1.29, 1.82) is 0 Å². The number of para-hydroxylation sites is 1. The van der Waals surface area contributed by atoms with E-state index in [1.54, 1.807) is 7.11 Å². The Morgan fingerprint density at radius 1 is 1.05 bits per heavy atom. The molecule has 0 spiro atoms. The summed E-state index contributed by atoms with van der Waals surface area (Å²) in [6.07, 6.45) is 1.32. The molecule has 0 bridgehead atoms. The van der Waals surface area contributed by atoms with Crippen molar-refractivity contribution in [3.05, 3.63) is 71.1 Å². The maximum atomic E-state index is 6.21. The first-order valence-electron chi connectivity index (χ1n) is 6.77. The van der Waals surface area contributed by atoms with Crippen molar-refractivity contribution in [2.75, 3.05) is 13.7 Å². The zero-order valence-corrected chi connectivity index (χ0v) is 12.4. The highest BCUT2D eigenvalue weighted by Crippen LogP contribution is 2.39. The molecule has 0 aliphatic carbocycles. The minimum absolute atomic E-state index is 0.184. The second kappa shape index (κ2) is 6.48. The Labute approximate surface area is 129 Å². The van der Waals surface area contributed by atoms with Gasteiger partial charge in [-0.1, -0.05) is 48.0 Å². The van der Waals surface area contributed by atoms with Gasteiger partial charge in [-0.3, -0.25) is 0 Å². The molecule has 4 heteroatoms. The molecule has 0 aromatic heterocycles. The fraction of sp³-hybridized carbons (Fsp3) is 0.235. The average molecular weight is 304 g/mol. The number of methoxy groups -OCH3 is 1. The van der Waals surface area contributed by atoms with Crippen LogP contribution in [0.15, 0.2) is 48.5 Å². The van der Waals surface area contributed by atoms with E-state index in [1.165, 1.54) is 0 Å². The summed E-state index contributed by atoms with van der Waals surface area (Å²) >= 11 is 6.21. The first-order chi connectivity index (χ1) is 10.3. The summed E-state index contributed by atoms with van der Waals surface area (Å²) in [5.41, 5.74) is 1.83. The number of hydrogen-bond donors (Lipinski definition) is 0. The Hall–Kier alpha value is -1.55. The van der Waals surface area contributed by atoms with E-state index in [9.17, 15) is 0 Å². The van der Waals surface area contributed by atoms with Gasteiger partial charge in [0.1, 0.15) is 5.75 Å². The fourth-order valence-electron chi connectivity index (χ4n) is 2.39. The zero-order valence-electron chi connectivity index (χ0n) is 11.7. The summed E-state index contributed by atoms with van der Waals surface area (Å²) in [7, 11) is 1.66. The lowest BCUT2D eigenvalue weighted by Gasteiger charge is -2.31. The minimum Gasteiger partial charge on any atom is -0.496 e. The van der Waals surface area contributed by atoms with E-state index in [1.807, 2.05) is 55.0 Å². The lowest BCUT2D eigenvalue weighted by Crippen LogP contribution is -2.22. The predicted molar refractivity (Wildman–Crippen MR) is 81.3 cm³/mol. The molecule has 3 rings (SSSR count). The van der Waals surface area contributed by atoms with E-state index < -0.39 is 6.29 Å². The number of hydrogen-bond acceptors (Lipinski definition) is 3. The lowest BCUT2D eigenvalue weighted by atomic mass is 10.0. The van der Waals surface area contributed by atoms with Gasteiger partial charge in [0.05, 0.1) is 19.8 Å². The molecule has 0 N–H and O–H groups in total. The highest BCUT2D eigenvalue weighted by molar-refractivity contribution is 6.31. The summed E-state index contributed by atoms with van der Waals surface area (Å²) in [4.78, 5) is 0. The molecule has 1 radical (unpaired) electrons. The van der Waals surface area contributed by atoms with Crippen LogP contribution in [-0.2, 0) is 9.47 Å². The van der Waals surface area contributed by atoms with Crippen LogP contribution in [-0.4, -0.2) is 13.7 Å². The van der Waals surface area contributed by atoms with E-state index in [0.717, 1.165) is 16.9 Å². The number of benzene rings is 2. The molecule has 21 heavy (non-hydrogen) atoms. The van der Waals surface area contributed by atoms with E-state index in [0.29, 0.717) is 11.6 Å². The van der Waals surface area contributed by atoms with Gasteiger partial charge >= 0.3 is 0 Å². The van der Waals surface area contributed by atoms with Crippen LogP contribution in [0.4, 0.5) is 0 Å². The number of halogens is 1. The normalized spacial score (nSPS) is 22.0. The van der Waals surface area contributed by atoms with Crippen LogP contribution < -0.4 is 4.74 Å². The molecule has 0 saturated carbocycles. The van der Waals surface area contributed by atoms with Crippen molar-refractivity contribution >= 4 is 11.6 Å². The Morgan fingerprint density at radius 3 is 2.52 bits per heavy atom. The fourth-order valence-corrected chi connectivity index (χ4v) is 2.61. The molecule has 2 aromatic rings. The van der Waals surface area contributed by atoms with Crippen molar-refractivity contribution in [1.82, 2.24) is 0 Å². The first kappa shape index (κ1) is 14.4. The molecule has 1 aliphatic heterocycles. The van der Waals surface area contributed by atoms with Gasteiger partial charge in [-0.25, -0.2) is 0 Å². The van der Waals surface area contributed by atoms with Crippen LogP contribution in [0.2, 0.25) is 5.02 Å². The maximum Gasteiger partial charge on any atom is 0.186 e. The third-order valence-electron chi connectivity index (χ3n) is 3.43. The van der Waals surface area contributed by atoms with Gasteiger partial charge in [-0.2, -0.15) is 0 Å². The highest BCUT2D eigenvalue weighted by atomic mass is 35.5. The van der Waals surface area contributed by atoms with Crippen LogP contribution >= 0.6 is 11.6 Å². The minimum atomic E-state index is -0.474. The van der Waals surface area contributed by atoms with E-state index >= 15 is 0 Å². The molecule has 0 amide bonds. The molecule has 1 fully saturated rings. The van der Waals surface area contributed by atoms with Crippen LogP contribution in [0.3, 0.4) is 0 Å². The standard InChI is InChI=1S/C17H16ClO3/c1-19-15-9-5-3-7-13(15)16-10-11-20-17(21-16)12-6-2-4-8-14(12)18/h2-10,16-17H,11H2,1H3. The molecule has 1 heterocycles. The van der Waals surface area contributed by atoms with E-state index in [2.05, 4.69) is 0 Å². The predicted octanol–water partition coefficient (Wildman–Crippen LogP) is 4.34. The molecule has 109 valence electrons. The number of ether oxygens (including phenoxy) is 3. The summed E-state index contributed by atoms with van der Waals surface area (Å²) in [5.74, 6) is 0.804. The Bertz CT molecular complexity index is 614. The molecule has 2 aromatic carbocycles. The average Bonchev–Trinajstić information content (AvgIpc) is 2.55. The van der Waals surface area contributed by atoms with Crippen molar-refractivity contribution in [2.24, 2.45) is 0 Å². The van der Waals surface area contributed by atoms with Gasteiger partial charge in [-0.05, 0) is 12.1 Å². The quantitative estimate of drug-likeness (QED) is 0.844. The first-order valence-corrected chi connectivity index (χ1v) is 7.15. The topological polar surface area (TPSA) is 27.7 Å². The van der Waals surface area contributed by atoms with Crippen LogP contribution in [0.5, 0.6) is 5.75 Å². The van der Waals surface area contributed by atoms with Crippen LogP contribution in [0.25, 0.3) is 0 Å². The summed E-state index contributed by atoms with van der Waals surface area (Å²) in [6.45, 7) is 0.499. The molecule has 3 nitrogen and oxygen atoms in total. The Kier molecular flexibility index (Phi) is 4.44. The van der Waals surface area contributed by atoms with Gasteiger partial charge in [0, 0.05) is 22.6 Å². The van der Waals surface area contributed by atoms with E-state index in [4.69, 9.17) is 25.8 Å².